The average Bonchev–Trinajstić information content (AvgIpc) is 2.48. The van der Waals surface area contributed by atoms with Crippen LogP contribution in [0, 0.1) is 0 Å². The molecule has 3 rings (SSSR count). The lowest BCUT2D eigenvalue weighted by molar-refractivity contribution is 0.679. The summed E-state index contributed by atoms with van der Waals surface area (Å²) >= 11 is 0. The molecule has 0 radical (unpaired) electrons. The summed E-state index contributed by atoms with van der Waals surface area (Å²) < 4.78 is 0. The Morgan fingerprint density at radius 2 is 1.68 bits per heavy atom. The first kappa shape index (κ1) is 11.7. The summed E-state index contributed by atoms with van der Waals surface area (Å²) in [6.45, 7) is 1.51. The van der Waals surface area contributed by atoms with E-state index < -0.39 is 0 Å². The number of nitrogens with one attached hydrogen (secondary N) is 1. The molecule has 0 aliphatic rings. The van der Waals surface area contributed by atoms with Gasteiger partial charge in [0, 0.05) is 25.5 Å². The molecule has 94 valence electrons. The fourth-order valence-corrected chi connectivity index (χ4v) is 1.92. The molecule has 1 N–H and O–H groups in total. The highest BCUT2D eigenvalue weighted by atomic mass is 14.9. The SMILES string of the molecule is c1ccc2nc(CNCc3ccncc3)cnc2c1. The van der Waals surface area contributed by atoms with Crippen molar-refractivity contribution in [2.45, 2.75) is 13.1 Å². The van der Waals surface area contributed by atoms with Crippen molar-refractivity contribution in [1.82, 2.24) is 20.3 Å². The van der Waals surface area contributed by atoms with Crippen LogP contribution in [-0.4, -0.2) is 15.0 Å². The van der Waals surface area contributed by atoms with E-state index in [0.29, 0.717) is 6.54 Å². The number of hydrogen-bond donors (Lipinski definition) is 1. The molecule has 4 nitrogen and oxygen atoms in total. The van der Waals surface area contributed by atoms with Crippen molar-refractivity contribution >= 4 is 11.0 Å². The first-order valence-corrected chi connectivity index (χ1v) is 6.22. The third kappa shape index (κ3) is 2.92. The van der Waals surface area contributed by atoms with Gasteiger partial charge in [-0.15, -0.1) is 0 Å². The highest BCUT2D eigenvalue weighted by Crippen LogP contribution is 2.08. The summed E-state index contributed by atoms with van der Waals surface area (Å²) in [5, 5.41) is 3.35. The molecule has 0 atom stereocenters. The lowest BCUT2D eigenvalue weighted by Gasteiger charge is -2.05. The van der Waals surface area contributed by atoms with Crippen LogP contribution >= 0.6 is 0 Å². The minimum Gasteiger partial charge on any atom is -0.307 e. The Morgan fingerprint density at radius 1 is 0.895 bits per heavy atom. The van der Waals surface area contributed by atoms with Crippen LogP contribution in [0.25, 0.3) is 11.0 Å². The minimum absolute atomic E-state index is 0.708. The highest BCUT2D eigenvalue weighted by Gasteiger charge is 1.99. The van der Waals surface area contributed by atoms with E-state index in [1.807, 2.05) is 42.6 Å². The number of para-hydroxylation sites is 2. The van der Waals surface area contributed by atoms with Gasteiger partial charge >= 0.3 is 0 Å². The zero-order valence-corrected chi connectivity index (χ0v) is 10.5. The van der Waals surface area contributed by atoms with E-state index in [1.54, 1.807) is 12.4 Å². The number of benzene rings is 1. The normalized spacial score (nSPS) is 10.7. The van der Waals surface area contributed by atoms with Crippen molar-refractivity contribution in [2.24, 2.45) is 0 Å². The number of aromatic nitrogens is 3. The van der Waals surface area contributed by atoms with Crippen molar-refractivity contribution in [3.63, 3.8) is 0 Å². The third-order valence-electron chi connectivity index (χ3n) is 2.88. The van der Waals surface area contributed by atoms with Gasteiger partial charge in [0.05, 0.1) is 22.9 Å². The van der Waals surface area contributed by atoms with E-state index >= 15 is 0 Å². The van der Waals surface area contributed by atoms with Gasteiger partial charge in [-0.25, -0.2) is 4.98 Å². The quantitative estimate of drug-likeness (QED) is 0.772. The van der Waals surface area contributed by atoms with Crippen molar-refractivity contribution in [3.05, 3.63) is 66.2 Å². The van der Waals surface area contributed by atoms with E-state index in [-0.39, 0.29) is 0 Å². The second-order valence-electron chi connectivity index (χ2n) is 4.31. The highest BCUT2D eigenvalue weighted by molar-refractivity contribution is 5.73. The summed E-state index contributed by atoms with van der Waals surface area (Å²) in [6, 6.07) is 11.9. The van der Waals surface area contributed by atoms with Crippen molar-refractivity contribution in [3.8, 4) is 0 Å². The molecule has 19 heavy (non-hydrogen) atoms. The van der Waals surface area contributed by atoms with Crippen LogP contribution in [0.5, 0.6) is 0 Å². The molecule has 2 aromatic heterocycles. The maximum absolute atomic E-state index is 4.57. The molecule has 0 spiro atoms. The van der Waals surface area contributed by atoms with Gasteiger partial charge in [-0.2, -0.15) is 0 Å². The molecule has 0 fully saturated rings. The Balaban J connectivity index is 1.65. The fourth-order valence-electron chi connectivity index (χ4n) is 1.92. The Labute approximate surface area is 111 Å². The molecule has 3 aromatic rings. The predicted molar refractivity (Wildman–Crippen MR) is 74.3 cm³/mol. The Kier molecular flexibility index (Phi) is 3.42. The minimum atomic E-state index is 0.708. The van der Waals surface area contributed by atoms with Crippen LogP contribution in [0.2, 0.25) is 0 Å². The van der Waals surface area contributed by atoms with Crippen molar-refractivity contribution in [1.29, 1.82) is 0 Å². The van der Waals surface area contributed by atoms with Crippen molar-refractivity contribution in [2.75, 3.05) is 0 Å². The van der Waals surface area contributed by atoms with Gasteiger partial charge in [-0.05, 0) is 29.8 Å². The molecule has 0 bridgehead atoms. The van der Waals surface area contributed by atoms with Crippen LogP contribution in [-0.2, 0) is 13.1 Å². The monoisotopic (exact) mass is 250 g/mol. The summed E-state index contributed by atoms with van der Waals surface area (Å²) in [7, 11) is 0. The first-order valence-electron chi connectivity index (χ1n) is 6.22. The zero-order valence-electron chi connectivity index (χ0n) is 10.5. The van der Waals surface area contributed by atoms with Gasteiger partial charge in [-0.3, -0.25) is 9.97 Å². The molecule has 4 heteroatoms. The van der Waals surface area contributed by atoms with E-state index in [4.69, 9.17) is 0 Å². The van der Waals surface area contributed by atoms with E-state index in [2.05, 4.69) is 20.3 Å². The maximum Gasteiger partial charge on any atom is 0.0890 e. The van der Waals surface area contributed by atoms with Gasteiger partial charge in [0.25, 0.3) is 0 Å². The summed E-state index contributed by atoms with van der Waals surface area (Å²) in [5.41, 5.74) is 4.03. The maximum atomic E-state index is 4.57. The van der Waals surface area contributed by atoms with Crippen LogP contribution in [0.15, 0.2) is 55.0 Å². The number of fused-ring (bicyclic) bond motifs is 1. The van der Waals surface area contributed by atoms with Gasteiger partial charge in [0.2, 0.25) is 0 Å². The van der Waals surface area contributed by atoms with Crippen LogP contribution in [0.4, 0.5) is 0 Å². The zero-order chi connectivity index (χ0) is 12.9. The van der Waals surface area contributed by atoms with E-state index in [9.17, 15) is 0 Å². The Morgan fingerprint density at radius 3 is 2.53 bits per heavy atom. The number of pyridine rings is 1. The van der Waals surface area contributed by atoms with E-state index in [0.717, 1.165) is 23.3 Å². The molecule has 0 aliphatic carbocycles. The topological polar surface area (TPSA) is 50.7 Å². The third-order valence-corrected chi connectivity index (χ3v) is 2.88. The average molecular weight is 250 g/mol. The molecule has 1 aromatic carbocycles. The van der Waals surface area contributed by atoms with Crippen molar-refractivity contribution < 1.29 is 0 Å². The second-order valence-corrected chi connectivity index (χ2v) is 4.31. The smallest absolute Gasteiger partial charge is 0.0890 e. The Bertz CT molecular complexity index is 667. The number of hydrogen-bond acceptors (Lipinski definition) is 4. The molecule has 0 unspecified atom stereocenters. The molecule has 2 heterocycles. The molecule has 0 aliphatic heterocycles. The molecule has 0 amide bonds. The van der Waals surface area contributed by atoms with Gasteiger partial charge < -0.3 is 5.32 Å². The standard InChI is InChI=1S/C15H14N4/c1-2-4-15-14(3-1)18-11-13(19-15)10-17-9-12-5-7-16-8-6-12/h1-8,11,17H,9-10H2. The molecule has 0 saturated heterocycles. The van der Waals surface area contributed by atoms with Crippen LogP contribution in [0.3, 0.4) is 0 Å². The number of nitrogens with zero attached hydrogens (tertiary/aromatic N) is 3. The second kappa shape index (κ2) is 5.54. The molecular formula is C15H14N4. The first-order chi connectivity index (χ1) is 9.42. The van der Waals surface area contributed by atoms with Gasteiger partial charge in [-0.1, -0.05) is 12.1 Å². The summed E-state index contributed by atoms with van der Waals surface area (Å²) in [6.07, 6.45) is 5.42. The Hall–Kier alpha value is -2.33. The number of rotatable bonds is 4. The summed E-state index contributed by atoms with van der Waals surface area (Å²) in [5.74, 6) is 0. The fraction of sp³-hybridized carbons (Fsp3) is 0.133. The van der Waals surface area contributed by atoms with Gasteiger partial charge in [0.15, 0.2) is 0 Å². The lowest BCUT2D eigenvalue weighted by Crippen LogP contribution is -2.13. The molecular weight excluding hydrogens is 236 g/mol. The predicted octanol–water partition coefficient (Wildman–Crippen LogP) is 2.31. The largest absolute Gasteiger partial charge is 0.307 e. The van der Waals surface area contributed by atoms with E-state index in [1.165, 1.54) is 5.56 Å². The molecule has 0 saturated carbocycles. The lowest BCUT2D eigenvalue weighted by atomic mass is 10.2. The summed E-state index contributed by atoms with van der Waals surface area (Å²) in [4.78, 5) is 13.0. The van der Waals surface area contributed by atoms with Gasteiger partial charge in [0.1, 0.15) is 0 Å². The van der Waals surface area contributed by atoms with Crippen LogP contribution < -0.4 is 5.32 Å². The van der Waals surface area contributed by atoms with Crippen LogP contribution in [0.1, 0.15) is 11.3 Å².